The third-order valence-corrected chi connectivity index (χ3v) is 8.43. The van der Waals surface area contributed by atoms with Crippen molar-refractivity contribution in [1.29, 1.82) is 0 Å². The smallest absolute Gasteiger partial charge is 0.381 e. The van der Waals surface area contributed by atoms with Crippen molar-refractivity contribution in [3.05, 3.63) is 23.5 Å². The van der Waals surface area contributed by atoms with Gasteiger partial charge in [-0.15, -0.1) is 0 Å². The van der Waals surface area contributed by atoms with Crippen molar-refractivity contribution in [2.24, 2.45) is 11.3 Å². The first-order chi connectivity index (χ1) is 13.5. The summed E-state index contributed by atoms with van der Waals surface area (Å²) in [7, 11) is -3.84. The van der Waals surface area contributed by atoms with Crippen molar-refractivity contribution in [1.82, 2.24) is 14.2 Å². The van der Waals surface area contributed by atoms with E-state index in [0.29, 0.717) is 25.0 Å². The van der Waals surface area contributed by atoms with Crippen LogP contribution < -0.4 is 0 Å². The summed E-state index contributed by atoms with van der Waals surface area (Å²) < 4.78 is 71.0. The van der Waals surface area contributed by atoms with Crippen LogP contribution >= 0.6 is 0 Å². The molecule has 1 spiro atoms. The normalized spacial score (nSPS) is 26.7. The van der Waals surface area contributed by atoms with E-state index in [1.165, 1.54) is 11.2 Å². The molecular formula is C19H26F3N3O3S. The lowest BCUT2D eigenvalue weighted by Gasteiger charge is -2.61. The van der Waals surface area contributed by atoms with E-state index in [1.54, 1.807) is 0 Å². The zero-order chi connectivity index (χ0) is 21.0. The Morgan fingerprint density at radius 3 is 2.48 bits per heavy atom. The molecule has 3 saturated heterocycles. The summed E-state index contributed by atoms with van der Waals surface area (Å²) in [5.41, 5.74) is -1.24. The molecule has 6 nitrogen and oxygen atoms in total. The Labute approximate surface area is 169 Å². The van der Waals surface area contributed by atoms with Crippen LogP contribution in [0.4, 0.5) is 13.2 Å². The molecule has 4 heterocycles. The lowest BCUT2D eigenvalue weighted by Crippen LogP contribution is -2.74. The van der Waals surface area contributed by atoms with Gasteiger partial charge in [-0.1, -0.05) is 0 Å². The van der Waals surface area contributed by atoms with Crippen LogP contribution in [0, 0.1) is 18.3 Å². The predicted molar refractivity (Wildman–Crippen MR) is 99.7 cm³/mol. The highest BCUT2D eigenvalue weighted by Gasteiger charge is 2.56. The van der Waals surface area contributed by atoms with Gasteiger partial charge in [0.25, 0.3) is 0 Å². The summed E-state index contributed by atoms with van der Waals surface area (Å²) in [6.45, 7) is 7.62. The first-order valence-corrected chi connectivity index (χ1v) is 11.3. The van der Waals surface area contributed by atoms with Crippen molar-refractivity contribution in [2.75, 3.05) is 39.4 Å². The van der Waals surface area contributed by atoms with E-state index < -0.39 is 21.9 Å². The van der Waals surface area contributed by atoms with E-state index in [4.69, 9.17) is 4.74 Å². The van der Waals surface area contributed by atoms with Gasteiger partial charge in [0.1, 0.15) is 10.6 Å². The molecule has 10 heteroatoms. The number of alkyl halides is 3. The molecule has 29 heavy (non-hydrogen) atoms. The minimum Gasteiger partial charge on any atom is -0.381 e. The van der Waals surface area contributed by atoms with Gasteiger partial charge in [-0.25, -0.2) is 13.4 Å². The number of aromatic nitrogens is 1. The summed E-state index contributed by atoms with van der Waals surface area (Å²) in [5.74, 6) is 0.516. The highest BCUT2D eigenvalue weighted by Crippen LogP contribution is 2.44. The third-order valence-electron chi connectivity index (χ3n) is 6.50. The average molecular weight is 433 g/mol. The van der Waals surface area contributed by atoms with Gasteiger partial charge in [-0.2, -0.15) is 17.5 Å². The minimum absolute atomic E-state index is 0.0376. The molecule has 0 aliphatic carbocycles. The van der Waals surface area contributed by atoms with Crippen LogP contribution in [0.3, 0.4) is 0 Å². The van der Waals surface area contributed by atoms with Gasteiger partial charge in [0.15, 0.2) is 0 Å². The Morgan fingerprint density at radius 2 is 1.93 bits per heavy atom. The number of likely N-dealkylation sites (tertiary alicyclic amines) is 1. The highest BCUT2D eigenvalue weighted by molar-refractivity contribution is 7.89. The van der Waals surface area contributed by atoms with Crippen LogP contribution in [-0.2, 0) is 20.9 Å². The molecule has 3 fully saturated rings. The summed E-state index contributed by atoms with van der Waals surface area (Å²) >= 11 is 0. The van der Waals surface area contributed by atoms with E-state index in [-0.39, 0.29) is 16.0 Å². The lowest BCUT2D eigenvalue weighted by atomic mass is 9.72. The second-order valence-electron chi connectivity index (χ2n) is 8.67. The van der Waals surface area contributed by atoms with Crippen LogP contribution in [-0.4, -0.2) is 68.0 Å². The Balaban J connectivity index is 1.37. The van der Waals surface area contributed by atoms with Gasteiger partial charge in [-0.3, -0.25) is 4.90 Å². The molecule has 0 radical (unpaired) electrons. The molecule has 4 rings (SSSR count). The SMILES string of the molecule is Cc1nc(C(F)(F)F)ccc1S(=O)(=O)N1CC2(CN([C@@H](C)[C@@H]3CCCOC3)C2)C1. The number of pyridine rings is 1. The average Bonchev–Trinajstić information content (AvgIpc) is 2.58. The second kappa shape index (κ2) is 7.18. The van der Waals surface area contributed by atoms with E-state index in [1.807, 2.05) is 0 Å². The largest absolute Gasteiger partial charge is 0.433 e. The first-order valence-electron chi connectivity index (χ1n) is 9.89. The van der Waals surface area contributed by atoms with Crippen LogP contribution in [0.15, 0.2) is 17.0 Å². The van der Waals surface area contributed by atoms with Gasteiger partial charge in [0.2, 0.25) is 10.0 Å². The zero-order valence-corrected chi connectivity index (χ0v) is 17.4. The number of sulfonamides is 1. The fraction of sp³-hybridized carbons (Fsp3) is 0.737. The van der Waals surface area contributed by atoms with E-state index >= 15 is 0 Å². The number of halogens is 3. The maximum absolute atomic E-state index is 12.9. The highest BCUT2D eigenvalue weighted by atomic mass is 32.2. The van der Waals surface area contributed by atoms with Crippen molar-refractivity contribution < 1.29 is 26.3 Å². The molecule has 162 valence electrons. The van der Waals surface area contributed by atoms with Crippen molar-refractivity contribution in [3.8, 4) is 0 Å². The van der Waals surface area contributed by atoms with Crippen LogP contribution in [0.2, 0.25) is 0 Å². The Bertz CT molecular complexity index is 870. The number of ether oxygens (including phenoxy) is 1. The van der Waals surface area contributed by atoms with E-state index in [0.717, 1.165) is 51.3 Å². The number of hydrogen-bond donors (Lipinski definition) is 0. The van der Waals surface area contributed by atoms with Gasteiger partial charge < -0.3 is 4.74 Å². The van der Waals surface area contributed by atoms with E-state index in [9.17, 15) is 21.6 Å². The first kappa shape index (κ1) is 21.0. The standard InChI is InChI=1S/C19H26F3N3O3S/c1-13-16(5-6-17(23-13)19(20,21)22)29(26,27)25-11-18(12-25)9-24(10-18)14(2)15-4-3-7-28-8-15/h5-6,14-15H,3-4,7-12H2,1-2H3/t14-,15+/m0/s1. The minimum atomic E-state index is -4.59. The molecule has 3 aliphatic rings. The monoisotopic (exact) mass is 433 g/mol. The maximum atomic E-state index is 12.9. The molecule has 2 atom stereocenters. The third kappa shape index (κ3) is 3.80. The van der Waals surface area contributed by atoms with Crippen LogP contribution in [0.1, 0.15) is 31.2 Å². The fourth-order valence-corrected chi connectivity index (χ4v) is 6.56. The molecule has 0 amide bonds. The van der Waals surface area contributed by atoms with Crippen molar-refractivity contribution >= 4 is 10.0 Å². The molecule has 1 aromatic rings. The van der Waals surface area contributed by atoms with Gasteiger partial charge in [0.05, 0.1) is 12.3 Å². The fourth-order valence-electron chi connectivity index (χ4n) is 4.74. The number of hydrogen-bond acceptors (Lipinski definition) is 5. The maximum Gasteiger partial charge on any atom is 0.433 e. The van der Waals surface area contributed by atoms with Crippen LogP contribution in [0.25, 0.3) is 0 Å². The van der Waals surface area contributed by atoms with Gasteiger partial charge >= 0.3 is 6.18 Å². The predicted octanol–water partition coefficient (Wildman–Crippen LogP) is 2.53. The number of rotatable bonds is 4. The molecular weight excluding hydrogens is 407 g/mol. The van der Waals surface area contributed by atoms with Gasteiger partial charge in [0, 0.05) is 44.2 Å². The molecule has 0 saturated carbocycles. The molecule has 0 unspecified atom stereocenters. The molecule has 3 aliphatic heterocycles. The summed E-state index contributed by atoms with van der Waals surface area (Å²) in [4.78, 5) is 5.69. The Morgan fingerprint density at radius 1 is 1.24 bits per heavy atom. The number of nitrogens with zero attached hydrogens (tertiary/aromatic N) is 3. The van der Waals surface area contributed by atoms with Gasteiger partial charge in [-0.05, 0) is 44.7 Å². The molecule has 0 N–H and O–H groups in total. The summed E-state index contributed by atoms with van der Waals surface area (Å²) in [5, 5.41) is 0. The zero-order valence-electron chi connectivity index (χ0n) is 16.6. The number of aryl methyl sites for hydroxylation is 1. The lowest BCUT2D eigenvalue weighted by molar-refractivity contribution is -0.141. The summed E-state index contributed by atoms with van der Waals surface area (Å²) in [6, 6.07) is 2.16. The van der Waals surface area contributed by atoms with Crippen molar-refractivity contribution in [2.45, 2.75) is 43.8 Å². The van der Waals surface area contributed by atoms with E-state index in [2.05, 4.69) is 16.8 Å². The van der Waals surface area contributed by atoms with Crippen molar-refractivity contribution in [3.63, 3.8) is 0 Å². The Hall–Kier alpha value is -1.23. The molecule has 1 aromatic heterocycles. The second-order valence-corrected chi connectivity index (χ2v) is 10.6. The topological polar surface area (TPSA) is 62.7 Å². The summed E-state index contributed by atoms with van der Waals surface area (Å²) in [6.07, 6.45) is -2.35. The quantitative estimate of drug-likeness (QED) is 0.730. The molecule has 0 aromatic carbocycles. The molecule has 0 bridgehead atoms. The Kier molecular flexibility index (Phi) is 5.20. The van der Waals surface area contributed by atoms with Crippen LogP contribution in [0.5, 0.6) is 0 Å².